The number of ketones is 1. The lowest BCUT2D eigenvalue weighted by atomic mass is 9.91. The molecule has 0 fully saturated rings. The second-order valence-electron chi connectivity index (χ2n) is 8.52. The number of rotatable bonds is 6. The summed E-state index contributed by atoms with van der Waals surface area (Å²) in [6.07, 6.45) is 0.948. The molecule has 0 saturated heterocycles. The Kier molecular flexibility index (Phi) is 6.43. The van der Waals surface area contributed by atoms with Crippen molar-refractivity contribution in [3.8, 4) is 0 Å². The Labute approximate surface area is 199 Å². The van der Waals surface area contributed by atoms with E-state index in [-0.39, 0.29) is 29.0 Å². The number of nitrogens with one attached hydrogen (secondary N) is 2. The van der Waals surface area contributed by atoms with Crippen molar-refractivity contribution in [2.75, 3.05) is 24.1 Å². The molecule has 34 heavy (non-hydrogen) atoms. The van der Waals surface area contributed by atoms with Gasteiger partial charge in [-0.05, 0) is 60.0 Å². The van der Waals surface area contributed by atoms with E-state index in [4.69, 9.17) is 0 Å². The highest BCUT2D eigenvalue weighted by Crippen LogP contribution is 2.34. The van der Waals surface area contributed by atoms with E-state index in [2.05, 4.69) is 10.0 Å². The first-order chi connectivity index (χ1) is 16.2. The zero-order valence-corrected chi connectivity index (χ0v) is 20.1. The number of carbonyl (C=O) groups excluding carboxylic acids is 2. The Morgan fingerprint density at radius 1 is 1.06 bits per heavy atom. The van der Waals surface area contributed by atoms with Gasteiger partial charge in [0.05, 0.1) is 10.9 Å². The summed E-state index contributed by atoms with van der Waals surface area (Å²) in [5.41, 5.74) is 3.77. The average Bonchev–Trinajstić information content (AvgIpc) is 2.83. The summed E-state index contributed by atoms with van der Waals surface area (Å²) in [6, 6.07) is 18.6. The first-order valence-electron chi connectivity index (χ1n) is 11.0. The van der Waals surface area contributed by atoms with Crippen LogP contribution in [0.3, 0.4) is 0 Å². The Balaban J connectivity index is 1.59. The number of hydrogen-bond acceptors (Lipinski definition) is 5. The van der Waals surface area contributed by atoms with E-state index in [1.165, 1.54) is 17.0 Å². The van der Waals surface area contributed by atoms with Gasteiger partial charge in [0.15, 0.2) is 5.78 Å². The molecule has 0 spiro atoms. The Morgan fingerprint density at radius 3 is 2.56 bits per heavy atom. The molecule has 3 aromatic carbocycles. The molecule has 1 heterocycles. The number of amides is 1. The molecule has 1 atom stereocenters. The lowest BCUT2D eigenvalue weighted by molar-refractivity contribution is 0.0827. The van der Waals surface area contributed by atoms with Crippen molar-refractivity contribution in [3.63, 3.8) is 0 Å². The molecular weight excluding hydrogens is 450 g/mol. The minimum absolute atomic E-state index is 0.0281. The summed E-state index contributed by atoms with van der Waals surface area (Å²) in [5, 5.41) is 3.32. The van der Waals surface area contributed by atoms with Crippen LogP contribution in [0.15, 0.2) is 71.6 Å². The summed E-state index contributed by atoms with van der Waals surface area (Å²) in [5.74, 6) is -0.274. The molecule has 0 aromatic heterocycles. The maximum Gasteiger partial charge on any atom is 0.261 e. The molecule has 1 amide bonds. The van der Waals surface area contributed by atoms with Crippen LogP contribution in [0.5, 0.6) is 0 Å². The molecule has 1 unspecified atom stereocenters. The number of nitrogens with zero attached hydrogens (tertiary/aromatic N) is 1. The van der Waals surface area contributed by atoms with Crippen molar-refractivity contribution in [2.24, 2.45) is 0 Å². The van der Waals surface area contributed by atoms with Gasteiger partial charge in [-0.3, -0.25) is 14.3 Å². The molecule has 0 aliphatic carbocycles. The van der Waals surface area contributed by atoms with Crippen LogP contribution in [0.1, 0.15) is 51.2 Å². The van der Waals surface area contributed by atoms with Crippen LogP contribution in [0.25, 0.3) is 0 Å². The highest BCUT2D eigenvalue weighted by Gasteiger charge is 2.28. The lowest BCUT2D eigenvalue weighted by Crippen LogP contribution is -2.25. The monoisotopic (exact) mass is 477 g/mol. The number of carbonyl (C=O) groups is 2. The zero-order chi connectivity index (χ0) is 24.5. The van der Waals surface area contributed by atoms with Crippen LogP contribution in [0.2, 0.25) is 0 Å². The van der Waals surface area contributed by atoms with Crippen LogP contribution in [0.4, 0.5) is 11.4 Å². The van der Waals surface area contributed by atoms with E-state index >= 15 is 0 Å². The van der Waals surface area contributed by atoms with Gasteiger partial charge in [-0.1, -0.05) is 31.2 Å². The van der Waals surface area contributed by atoms with Gasteiger partial charge in [-0.15, -0.1) is 0 Å². The quantitative estimate of drug-likeness (QED) is 0.545. The van der Waals surface area contributed by atoms with Gasteiger partial charge >= 0.3 is 0 Å². The normalized spacial score (nSPS) is 15.3. The number of Topliss-reactive ketones (excluding diaryl/α,β-unsaturated/α-hetero) is 1. The van der Waals surface area contributed by atoms with Gasteiger partial charge in [0.25, 0.3) is 15.9 Å². The molecule has 1 aliphatic rings. The number of aryl methyl sites for hydroxylation is 1. The molecule has 0 radical (unpaired) electrons. The molecule has 0 bridgehead atoms. The van der Waals surface area contributed by atoms with E-state index in [1.54, 1.807) is 56.6 Å². The molecule has 0 saturated carbocycles. The van der Waals surface area contributed by atoms with E-state index in [0.717, 1.165) is 17.5 Å². The molecule has 2 N–H and O–H groups in total. The van der Waals surface area contributed by atoms with Crippen LogP contribution < -0.4 is 10.0 Å². The van der Waals surface area contributed by atoms with Crippen molar-refractivity contribution in [1.29, 1.82) is 0 Å². The molecule has 176 valence electrons. The van der Waals surface area contributed by atoms with E-state index < -0.39 is 10.0 Å². The maximum absolute atomic E-state index is 13.0. The minimum atomic E-state index is -3.86. The van der Waals surface area contributed by atoms with Crippen molar-refractivity contribution in [2.45, 2.75) is 30.7 Å². The minimum Gasteiger partial charge on any atom is -0.377 e. The molecule has 7 nitrogen and oxygen atoms in total. The topological polar surface area (TPSA) is 95.6 Å². The maximum atomic E-state index is 13.0. The Morgan fingerprint density at radius 2 is 1.82 bits per heavy atom. The zero-order valence-electron chi connectivity index (χ0n) is 19.3. The number of hydrogen-bond donors (Lipinski definition) is 2. The molecule has 3 aromatic rings. The average molecular weight is 478 g/mol. The molecule has 4 rings (SSSR count). The summed E-state index contributed by atoms with van der Waals surface area (Å²) < 4.78 is 28.5. The van der Waals surface area contributed by atoms with Gasteiger partial charge in [0.2, 0.25) is 0 Å². The van der Waals surface area contributed by atoms with Crippen molar-refractivity contribution < 1.29 is 18.0 Å². The van der Waals surface area contributed by atoms with Crippen molar-refractivity contribution in [1.82, 2.24) is 4.90 Å². The SMILES string of the molecule is CCc1cccc(NS(=O)(=O)c2ccc3c(c2)C(=O)CC(c2cccc(C(=O)N(C)C)c2)N3)c1. The molecular formula is C26H27N3O4S. The summed E-state index contributed by atoms with van der Waals surface area (Å²) >= 11 is 0. The first-order valence-corrected chi connectivity index (χ1v) is 12.5. The Hall–Kier alpha value is -3.65. The smallest absolute Gasteiger partial charge is 0.261 e. The molecule has 1 aliphatic heterocycles. The fraction of sp³-hybridized carbons (Fsp3) is 0.231. The summed E-state index contributed by atoms with van der Waals surface area (Å²) in [7, 11) is -0.478. The predicted octanol–water partition coefficient (Wildman–Crippen LogP) is 4.49. The number of sulfonamides is 1. The highest BCUT2D eigenvalue weighted by atomic mass is 32.2. The van der Waals surface area contributed by atoms with Gasteiger partial charge in [-0.2, -0.15) is 0 Å². The lowest BCUT2D eigenvalue weighted by Gasteiger charge is -2.27. The van der Waals surface area contributed by atoms with E-state index in [9.17, 15) is 18.0 Å². The van der Waals surface area contributed by atoms with Crippen LogP contribution >= 0.6 is 0 Å². The predicted molar refractivity (Wildman–Crippen MR) is 133 cm³/mol. The van der Waals surface area contributed by atoms with E-state index in [0.29, 0.717) is 22.5 Å². The summed E-state index contributed by atoms with van der Waals surface area (Å²) in [4.78, 5) is 26.8. The summed E-state index contributed by atoms with van der Waals surface area (Å²) in [6.45, 7) is 2.00. The fourth-order valence-electron chi connectivity index (χ4n) is 4.00. The fourth-order valence-corrected chi connectivity index (χ4v) is 5.07. The third kappa shape index (κ3) is 4.82. The second-order valence-corrected chi connectivity index (χ2v) is 10.2. The van der Waals surface area contributed by atoms with Crippen molar-refractivity contribution >= 4 is 33.1 Å². The standard InChI is InChI=1S/C26H27N3O4S/c1-4-17-7-5-10-20(13-17)28-34(32,33)21-11-12-23-22(15-21)25(30)16-24(27-23)18-8-6-9-19(14-18)26(31)29(2)3/h5-15,24,27-28H,4,16H2,1-3H3. The van der Waals surface area contributed by atoms with Crippen LogP contribution in [0, 0.1) is 0 Å². The van der Waals surface area contributed by atoms with Gasteiger partial charge in [0.1, 0.15) is 0 Å². The second kappa shape index (κ2) is 9.30. The van der Waals surface area contributed by atoms with E-state index in [1.807, 2.05) is 19.1 Å². The third-order valence-corrected chi connectivity index (χ3v) is 7.23. The highest BCUT2D eigenvalue weighted by molar-refractivity contribution is 7.92. The first kappa shape index (κ1) is 23.5. The van der Waals surface area contributed by atoms with Crippen LogP contribution in [-0.4, -0.2) is 39.1 Å². The van der Waals surface area contributed by atoms with Crippen LogP contribution in [-0.2, 0) is 16.4 Å². The number of fused-ring (bicyclic) bond motifs is 1. The van der Waals surface area contributed by atoms with Gasteiger partial charge in [-0.25, -0.2) is 8.42 Å². The number of benzene rings is 3. The largest absolute Gasteiger partial charge is 0.377 e. The third-order valence-electron chi connectivity index (χ3n) is 5.85. The molecule has 8 heteroatoms. The van der Waals surface area contributed by atoms with Gasteiger partial charge < -0.3 is 10.2 Å². The van der Waals surface area contributed by atoms with Crippen molar-refractivity contribution in [3.05, 3.63) is 89.0 Å². The van der Waals surface area contributed by atoms with Gasteiger partial charge in [0, 0.05) is 43.0 Å². The number of anilines is 2. The Bertz CT molecular complexity index is 1370.